The molecule has 3 rings (SSSR count). The van der Waals surface area contributed by atoms with E-state index in [-0.39, 0.29) is 23.4 Å². The van der Waals surface area contributed by atoms with Gasteiger partial charge in [0.25, 0.3) is 0 Å². The van der Waals surface area contributed by atoms with Crippen LogP contribution in [0.2, 0.25) is 0 Å². The molecule has 2 aromatic rings. The van der Waals surface area contributed by atoms with Gasteiger partial charge in [-0.1, -0.05) is 57.2 Å². The van der Waals surface area contributed by atoms with Crippen molar-refractivity contribution in [3.8, 4) is 0 Å². The summed E-state index contributed by atoms with van der Waals surface area (Å²) in [5, 5.41) is 3.05. The fourth-order valence-corrected chi connectivity index (χ4v) is 3.90. The van der Waals surface area contributed by atoms with Crippen molar-refractivity contribution in [1.29, 1.82) is 0 Å². The van der Waals surface area contributed by atoms with Crippen LogP contribution in [0, 0.1) is 12.3 Å². The molecule has 1 aliphatic heterocycles. The minimum absolute atomic E-state index is 0.00844. The van der Waals surface area contributed by atoms with E-state index in [0.29, 0.717) is 18.7 Å². The van der Waals surface area contributed by atoms with Crippen LogP contribution in [-0.2, 0) is 4.79 Å². The molecular formula is C25H33N3O2. The van der Waals surface area contributed by atoms with Crippen LogP contribution < -0.4 is 10.2 Å². The highest BCUT2D eigenvalue weighted by Gasteiger charge is 2.32. The van der Waals surface area contributed by atoms with E-state index in [9.17, 15) is 9.59 Å². The molecule has 5 nitrogen and oxygen atoms in total. The highest BCUT2D eigenvalue weighted by Crippen LogP contribution is 2.33. The van der Waals surface area contributed by atoms with Crippen LogP contribution in [0.5, 0.6) is 0 Å². The van der Waals surface area contributed by atoms with Crippen LogP contribution in [0.4, 0.5) is 16.2 Å². The second-order valence-corrected chi connectivity index (χ2v) is 9.37. The smallest absolute Gasteiger partial charge is 0.324 e. The first kappa shape index (κ1) is 21.9. The average Bonchev–Trinajstić information content (AvgIpc) is 2.67. The second kappa shape index (κ2) is 8.90. The maximum absolute atomic E-state index is 13.4. The number of anilines is 2. The van der Waals surface area contributed by atoms with Gasteiger partial charge in [-0.25, -0.2) is 4.79 Å². The molecule has 160 valence electrons. The van der Waals surface area contributed by atoms with Crippen molar-refractivity contribution in [2.24, 2.45) is 5.41 Å². The number of amides is 3. The maximum atomic E-state index is 13.4. The van der Waals surface area contributed by atoms with Crippen LogP contribution in [0.25, 0.3) is 0 Å². The van der Waals surface area contributed by atoms with Crippen molar-refractivity contribution in [1.82, 2.24) is 4.90 Å². The number of urea groups is 1. The minimum Gasteiger partial charge on any atom is -0.324 e. The lowest BCUT2D eigenvalue weighted by Crippen LogP contribution is -2.50. The van der Waals surface area contributed by atoms with Gasteiger partial charge in [0.15, 0.2) is 0 Å². The van der Waals surface area contributed by atoms with Crippen molar-refractivity contribution in [2.45, 2.75) is 53.5 Å². The molecule has 0 aliphatic carbocycles. The van der Waals surface area contributed by atoms with Gasteiger partial charge in [-0.15, -0.1) is 0 Å². The first-order chi connectivity index (χ1) is 14.2. The largest absolute Gasteiger partial charge is 0.325 e. The van der Waals surface area contributed by atoms with E-state index < -0.39 is 0 Å². The number of nitrogens with one attached hydrogen (secondary N) is 1. The Bertz CT molecular complexity index is 902. The van der Waals surface area contributed by atoms with Crippen LogP contribution in [0.15, 0.2) is 48.5 Å². The molecule has 2 aromatic carbocycles. The molecule has 1 saturated heterocycles. The van der Waals surface area contributed by atoms with Crippen molar-refractivity contribution in [2.75, 3.05) is 23.3 Å². The third-order valence-corrected chi connectivity index (χ3v) is 5.41. The monoisotopic (exact) mass is 407 g/mol. The van der Waals surface area contributed by atoms with Gasteiger partial charge < -0.3 is 10.2 Å². The molecule has 0 aromatic heterocycles. The molecule has 3 amide bonds. The third kappa shape index (κ3) is 5.21. The summed E-state index contributed by atoms with van der Waals surface area (Å²) in [4.78, 5) is 29.7. The van der Waals surface area contributed by atoms with Crippen molar-refractivity contribution in [3.63, 3.8) is 0 Å². The standard InChI is InChI=1S/C25H33N3O2/c1-18-12-13-22(21(16-18)26-23(29)17-25(3,4)5)28-15-9-14-27(24(28)30)19(2)20-10-7-6-8-11-20/h6-8,10-13,16,19H,9,14-15,17H2,1-5H3,(H,26,29)/t19-/m1/s1. The van der Waals surface area contributed by atoms with E-state index in [1.54, 1.807) is 4.90 Å². The molecule has 1 aliphatic rings. The fraction of sp³-hybridized carbons (Fsp3) is 0.440. The number of carbonyl (C=O) groups is 2. The van der Waals surface area contributed by atoms with E-state index in [1.165, 1.54) is 0 Å². The highest BCUT2D eigenvalue weighted by molar-refractivity contribution is 6.01. The number of hydrogen-bond acceptors (Lipinski definition) is 2. The predicted molar refractivity (Wildman–Crippen MR) is 123 cm³/mol. The quantitative estimate of drug-likeness (QED) is 0.685. The van der Waals surface area contributed by atoms with Crippen molar-refractivity contribution < 1.29 is 9.59 Å². The van der Waals surface area contributed by atoms with E-state index in [1.807, 2.05) is 69.0 Å². The van der Waals surface area contributed by atoms with Crippen molar-refractivity contribution >= 4 is 23.3 Å². The number of aryl methyl sites for hydroxylation is 1. The van der Waals surface area contributed by atoms with Gasteiger partial charge in [0, 0.05) is 19.5 Å². The molecule has 1 fully saturated rings. The zero-order valence-electron chi connectivity index (χ0n) is 18.7. The summed E-state index contributed by atoms with van der Waals surface area (Å²) >= 11 is 0. The first-order valence-electron chi connectivity index (χ1n) is 10.7. The van der Waals surface area contributed by atoms with E-state index in [2.05, 4.69) is 24.4 Å². The predicted octanol–water partition coefficient (Wildman–Crippen LogP) is 5.76. The maximum Gasteiger partial charge on any atom is 0.325 e. The molecule has 0 saturated carbocycles. The number of nitrogens with zero attached hydrogens (tertiary/aromatic N) is 2. The lowest BCUT2D eigenvalue weighted by molar-refractivity contribution is -0.117. The van der Waals surface area contributed by atoms with E-state index >= 15 is 0 Å². The van der Waals surface area contributed by atoms with E-state index in [4.69, 9.17) is 0 Å². The highest BCUT2D eigenvalue weighted by atomic mass is 16.2. The average molecular weight is 408 g/mol. The Labute approximate surface area is 180 Å². The summed E-state index contributed by atoms with van der Waals surface area (Å²) in [7, 11) is 0. The summed E-state index contributed by atoms with van der Waals surface area (Å²) in [5.74, 6) is -0.0340. The molecule has 1 N–H and O–H groups in total. The Morgan fingerprint density at radius 2 is 1.80 bits per heavy atom. The summed E-state index contributed by atoms with van der Waals surface area (Å²) in [6.07, 6.45) is 1.30. The van der Waals surface area contributed by atoms with E-state index in [0.717, 1.165) is 29.8 Å². The second-order valence-electron chi connectivity index (χ2n) is 9.37. The molecule has 0 radical (unpaired) electrons. The molecule has 0 unspecified atom stereocenters. The molecule has 1 heterocycles. The van der Waals surface area contributed by atoms with Gasteiger partial charge in [0.05, 0.1) is 17.4 Å². The molecule has 0 spiro atoms. The number of carbonyl (C=O) groups excluding carboxylic acids is 2. The molecule has 0 bridgehead atoms. The van der Waals surface area contributed by atoms with Gasteiger partial charge in [0.1, 0.15) is 0 Å². The summed E-state index contributed by atoms with van der Waals surface area (Å²) in [5.41, 5.74) is 3.53. The van der Waals surface area contributed by atoms with Gasteiger partial charge >= 0.3 is 6.03 Å². The third-order valence-electron chi connectivity index (χ3n) is 5.41. The van der Waals surface area contributed by atoms with Gasteiger partial charge in [-0.3, -0.25) is 9.69 Å². The van der Waals surface area contributed by atoms with Gasteiger partial charge in [-0.2, -0.15) is 0 Å². The van der Waals surface area contributed by atoms with Crippen LogP contribution in [-0.4, -0.2) is 29.9 Å². The molecule has 5 heteroatoms. The molecule has 1 atom stereocenters. The SMILES string of the molecule is Cc1ccc(N2CCCN([C@H](C)c3ccccc3)C2=O)c(NC(=O)CC(C)(C)C)c1. The summed E-state index contributed by atoms with van der Waals surface area (Å²) in [6, 6.07) is 15.9. The Balaban J connectivity index is 1.86. The van der Waals surface area contributed by atoms with Gasteiger partial charge in [-0.05, 0) is 48.9 Å². The van der Waals surface area contributed by atoms with Crippen LogP contribution in [0.1, 0.15) is 57.7 Å². The lowest BCUT2D eigenvalue weighted by atomic mass is 9.92. The number of benzene rings is 2. The summed E-state index contributed by atoms with van der Waals surface area (Å²) < 4.78 is 0. The Morgan fingerprint density at radius 1 is 1.10 bits per heavy atom. The Morgan fingerprint density at radius 3 is 2.47 bits per heavy atom. The number of rotatable bonds is 5. The van der Waals surface area contributed by atoms with Crippen molar-refractivity contribution in [3.05, 3.63) is 59.7 Å². The first-order valence-corrected chi connectivity index (χ1v) is 10.7. The fourth-order valence-electron chi connectivity index (χ4n) is 3.90. The normalized spacial score (nSPS) is 15.8. The Hall–Kier alpha value is -2.82. The zero-order chi connectivity index (χ0) is 21.9. The molecular weight excluding hydrogens is 374 g/mol. The van der Waals surface area contributed by atoms with Gasteiger partial charge in [0.2, 0.25) is 5.91 Å². The minimum atomic E-state index is -0.100. The number of hydrogen-bond donors (Lipinski definition) is 1. The van der Waals surface area contributed by atoms with Crippen LogP contribution in [0.3, 0.4) is 0 Å². The van der Waals surface area contributed by atoms with Crippen LogP contribution >= 0.6 is 0 Å². The molecule has 30 heavy (non-hydrogen) atoms. The lowest BCUT2D eigenvalue weighted by Gasteiger charge is -2.39. The Kier molecular flexibility index (Phi) is 6.49. The topological polar surface area (TPSA) is 52.6 Å². The summed E-state index contributed by atoms with van der Waals surface area (Å²) in [6.45, 7) is 11.6. The zero-order valence-corrected chi connectivity index (χ0v) is 18.7.